The maximum absolute atomic E-state index is 10.2. The summed E-state index contributed by atoms with van der Waals surface area (Å²) in [5.41, 5.74) is 2.32. The molecule has 29 heavy (non-hydrogen) atoms. The van der Waals surface area contributed by atoms with E-state index in [4.69, 9.17) is 9.47 Å². The first-order valence-electron chi connectivity index (χ1n) is 12.6. The molecule has 1 N–H and O–H groups in total. The Labute approximate surface area is 176 Å². The van der Waals surface area contributed by atoms with Crippen molar-refractivity contribution >= 4 is 0 Å². The van der Waals surface area contributed by atoms with Gasteiger partial charge in [0, 0.05) is 12.3 Å². The summed E-state index contributed by atoms with van der Waals surface area (Å²) in [6, 6.07) is 0. The second-order valence-corrected chi connectivity index (χ2v) is 12.0. The summed E-state index contributed by atoms with van der Waals surface area (Å²) >= 11 is 0. The number of ether oxygens (including phenoxy) is 2. The Balaban J connectivity index is 1.30. The maximum Gasteiger partial charge on any atom is 0.171 e. The summed E-state index contributed by atoms with van der Waals surface area (Å²) in [6.07, 6.45) is 14.7. The van der Waals surface area contributed by atoms with Crippen LogP contribution in [-0.4, -0.2) is 29.7 Å². The van der Waals surface area contributed by atoms with Crippen LogP contribution in [0.2, 0.25) is 0 Å². The number of rotatable bonds is 0. The fourth-order valence-corrected chi connectivity index (χ4v) is 9.56. The van der Waals surface area contributed by atoms with Gasteiger partial charge >= 0.3 is 0 Å². The van der Waals surface area contributed by atoms with Crippen LogP contribution in [0.5, 0.6) is 0 Å². The van der Waals surface area contributed by atoms with E-state index >= 15 is 0 Å². The predicted octanol–water partition coefficient (Wildman–Crippen LogP) is 5.47. The lowest BCUT2D eigenvalue weighted by molar-refractivity contribution is -0.264. The van der Waals surface area contributed by atoms with Gasteiger partial charge in [0.2, 0.25) is 0 Å². The molecule has 5 fully saturated rings. The molecular weight excluding hydrogens is 360 g/mol. The molecule has 0 aromatic heterocycles. The van der Waals surface area contributed by atoms with Gasteiger partial charge < -0.3 is 14.6 Å². The normalized spacial score (nSPS) is 58.9. The van der Waals surface area contributed by atoms with E-state index in [1.807, 2.05) is 0 Å². The summed E-state index contributed by atoms with van der Waals surface area (Å²) in [4.78, 5) is 0. The largest absolute Gasteiger partial charge is 0.393 e. The van der Waals surface area contributed by atoms with Crippen molar-refractivity contribution in [1.82, 2.24) is 0 Å². The Morgan fingerprint density at radius 3 is 2.72 bits per heavy atom. The van der Waals surface area contributed by atoms with E-state index in [0.29, 0.717) is 28.8 Å². The first kappa shape index (κ1) is 19.3. The minimum atomic E-state index is -0.274. The van der Waals surface area contributed by atoms with Crippen molar-refractivity contribution < 1.29 is 14.6 Å². The maximum atomic E-state index is 10.2. The van der Waals surface area contributed by atoms with Crippen molar-refractivity contribution in [2.45, 2.75) is 103 Å². The van der Waals surface area contributed by atoms with E-state index in [-0.39, 0.29) is 11.9 Å². The molecule has 2 aliphatic heterocycles. The van der Waals surface area contributed by atoms with Crippen LogP contribution in [0.4, 0.5) is 0 Å². The molecule has 6 aliphatic rings. The van der Waals surface area contributed by atoms with Crippen LogP contribution in [-0.2, 0) is 9.47 Å². The quantitative estimate of drug-likeness (QED) is 0.548. The average molecular weight is 401 g/mol. The molecule has 1 spiro atoms. The third kappa shape index (κ3) is 2.47. The fourth-order valence-electron chi connectivity index (χ4n) is 9.56. The van der Waals surface area contributed by atoms with Gasteiger partial charge in [-0.2, -0.15) is 0 Å². The fraction of sp³-hybridized carbons (Fsp3) is 0.923. The summed E-state index contributed by atoms with van der Waals surface area (Å²) < 4.78 is 13.2. The minimum Gasteiger partial charge on any atom is -0.393 e. The highest BCUT2D eigenvalue weighted by molar-refractivity contribution is 5.26. The Morgan fingerprint density at radius 2 is 1.93 bits per heavy atom. The Bertz CT molecular complexity index is 709. The molecule has 4 aliphatic carbocycles. The van der Waals surface area contributed by atoms with Crippen LogP contribution in [0.1, 0.15) is 85.0 Å². The van der Waals surface area contributed by atoms with Gasteiger partial charge in [-0.1, -0.05) is 32.4 Å². The van der Waals surface area contributed by atoms with E-state index in [0.717, 1.165) is 43.6 Å². The molecule has 3 nitrogen and oxygen atoms in total. The zero-order chi connectivity index (χ0) is 20.0. The molecule has 2 saturated heterocycles. The topological polar surface area (TPSA) is 38.7 Å². The van der Waals surface area contributed by atoms with E-state index < -0.39 is 0 Å². The molecule has 6 rings (SSSR count). The van der Waals surface area contributed by atoms with Crippen LogP contribution in [0.15, 0.2) is 11.6 Å². The molecule has 3 heteroatoms. The molecular formula is C26H40O3. The van der Waals surface area contributed by atoms with Gasteiger partial charge in [0.25, 0.3) is 0 Å². The van der Waals surface area contributed by atoms with Gasteiger partial charge in [0.05, 0.1) is 18.8 Å². The Kier molecular flexibility index (Phi) is 4.21. The number of fused-ring (bicyclic) bond motifs is 7. The van der Waals surface area contributed by atoms with Crippen LogP contribution in [0.25, 0.3) is 0 Å². The van der Waals surface area contributed by atoms with Crippen molar-refractivity contribution in [3.63, 3.8) is 0 Å². The van der Waals surface area contributed by atoms with Crippen molar-refractivity contribution in [3.05, 3.63) is 11.6 Å². The lowest BCUT2D eigenvalue weighted by atomic mass is 9.47. The van der Waals surface area contributed by atoms with E-state index in [1.54, 1.807) is 5.57 Å². The highest BCUT2D eigenvalue weighted by Gasteiger charge is 2.68. The molecule has 2 heterocycles. The second kappa shape index (κ2) is 6.33. The van der Waals surface area contributed by atoms with Crippen molar-refractivity contribution in [2.75, 3.05) is 6.61 Å². The van der Waals surface area contributed by atoms with Gasteiger partial charge in [0.1, 0.15) is 0 Å². The van der Waals surface area contributed by atoms with Gasteiger partial charge in [-0.3, -0.25) is 0 Å². The number of aliphatic hydroxyl groups excluding tert-OH is 1. The predicted molar refractivity (Wildman–Crippen MR) is 113 cm³/mol. The van der Waals surface area contributed by atoms with Gasteiger partial charge in [-0.25, -0.2) is 0 Å². The SMILES string of the molecule is C[C@@H]1[C@H]2[C@H](C[C@H]3[C@@H]4CC=C5C[C@@H](O)CC[C@]5(C)[C@H]4CC[C@]23C)O[C@@]12CCCCO2. The van der Waals surface area contributed by atoms with Gasteiger partial charge in [-0.15, -0.1) is 0 Å². The lowest BCUT2D eigenvalue weighted by Gasteiger charge is -2.58. The minimum absolute atomic E-state index is 0.105. The molecule has 0 unspecified atom stereocenters. The van der Waals surface area contributed by atoms with Crippen molar-refractivity contribution in [1.29, 1.82) is 0 Å². The Morgan fingerprint density at radius 1 is 1.07 bits per heavy atom. The summed E-state index contributed by atoms with van der Waals surface area (Å²) in [5.74, 6) is 3.32. The monoisotopic (exact) mass is 400 g/mol. The Hall–Kier alpha value is -0.380. The van der Waals surface area contributed by atoms with Crippen LogP contribution >= 0.6 is 0 Å². The number of hydrogen-bond acceptors (Lipinski definition) is 3. The highest BCUT2D eigenvalue weighted by atomic mass is 16.7. The average Bonchev–Trinajstić information content (AvgIpc) is 3.14. The van der Waals surface area contributed by atoms with Crippen molar-refractivity contribution in [2.24, 2.45) is 40.4 Å². The summed E-state index contributed by atoms with van der Waals surface area (Å²) in [5, 5.41) is 10.2. The summed E-state index contributed by atoms with van der Waals surface area (Å²) in [7, 11) is 0. The summed E-state index contributed by atoms with van der Waals surface area (Å²) in [6.45, 7) is 8.47. The van der Waals surface area contributed by atoms with Crippen LogP contribution in [0.3, 0.4) is 0 Å². The third-order valence-electron chi connectivity index (χ3n) is 11.0. The molecule has 3 saturated carbocycles. The van der Waals surface area contributed by atoms with Crippen LogP contribution < -0.4 is 0 Å². The van der Waals surface area contributed by atoms with E-state index in [1.165, 1.54) is 44.9 Å². The third-order valence-corrected chi connectivity index (χ3v) is 11.0. The molecule has 162 valence electrons. The second-order valence-electron chi connectivity index (χ2n) is 12.0. The molecule has 0 aromatic rings. The van der Waals surface area contributed by atoms with E-state index in [9.17, 15) is 5.11 Å². The van der Waals surface area contributed by atoms with Crippen LogP contribution in [0, 0.1) is 40.4 Å². The number of hydrogen-bond donors (Lipinski definition) is 1. The zero-order valence-corrected chi connectivity index (χ0v) is 18.7. The zero-order valence-electron chi connectivity index (χ0n) is 18.7. The first-order valence-corrected chi connectivity index (χ1v) is 12.6. The number of allylic oxidation sites excluding steroid dienone is 1. The lowest BCUT2D eigenvalue weighted by Crippen LogP contribution is -2.52. The standard InChI is InChI=1S/C26H40O3/c1-16-23-22(29-26(16)10-4-5-13-28-26)15-21-19-7-6-17-14-18(27)8-11-24(17,2)20(19)9-12-25(21,23)3/h6,16,18-23,27H,4-5,7-15H2,1-3H3/t16-,18+,19-,20+,21+,22+,23+,24+,25+,26+/m1/s1. The molecule has 0 amide bonds. The molecule has 0 aromatic carbocycles. The first-order chi connectivity index (χ1) is 13.9. The van der Waals surface area contributed by atoms with Gasteiger partial charge in [-0.05, 0) is 92.3 Å². The highest BCUT2D eigenvalue weighted by Crippen LogP contribution is 2.70. The molecule has 0 bridgehead atoms. The number of aliphatic hydroxyl groups is 1. The molecule has 0 radical (unpaired) electrons. The van der Waals surface area contributed by atoms with Gasteiger partial charge in [0.15, 0.2) is 5.79 Å². The molecule has 10 atom stereocenters. The van der Waals surface area contributed by atoms with Crippen molar-refractivity contribution in [3.8, 4) is 0 Å². The van der Waals surface area contributed by atoms with E-state index in [2.05, 4.69) is 26.8 Å². The smallest absolute Gasteiger partial charge is 0.171 e.